The second-order valence-electron chi connectivity index (χ2n) is 9.00. The number of allylic oxidation sites excluding steroid dienone is 1. The van der Waals surface area contributed by atoms with Gasteiger partial charge in [0.1, 0.15) is 11.8 Å². The van der Waals surface area contributed by atoms with E-state index in [-0.39, 0.29) is 11.6 Å². The standard InChI is InChI=1S/C26H27N5O2/c1-3-17-10-20-18(11-26(17)33)9-16(14-28-20)15-30-7-8-31(24-12-23(24)30)22-6-5-19(25(32)4-2)29-21(22)13-27/h5-6,9-10,14,23-24H,3-4,7-8,11-12,15H2,1-2H3/t23-,24+/m1/s1. The lowest BCUT2D eigenvalue weighted by atomic mass is 9.92. The summed E-state index contributed by atoms with van der Waals surface area (Å²) in [6, 6.07) is 8.71. The van der Waals surface area contributed by atoms with Crippen molar-refractivity contribution in [2.75, 3.05) is 18.0 Å². The Morgan fingerprint density at radius 2 is 2.09 bits per heavy atom. The zero-order chi connectivity index (χ0) is 23.1. The molecule has 0 spiro atoms. The van der Waals surface area contributed by atoms with Gasteiger partial charge in [0.25, 0.3) is 0 Å². The Morgan fingerprint density at radius 1 is 1.24 bits per heavy atom. The van der Waals surface area contributed by atoms with Crippen LogP contribution in [0.4, 0.5) is 5.69 Å². The molecule has 1 saturated heterocycles. The lowest BCUT2D eigenvalue weighted by molar-refractivity contribution is -0.115. The highest BCUT2D eigenvalue weighted by molar-refractivity contribution is 6.03. The minimum atomic E-state index is -0.0473. The van der Waals surface area contributed by atoms with Crippen molar-refractivity contribution in [3.8, 4) is 6.07 Å². The van der Waals surface area contributed by atoms with Crippen molar-refractivity contribution in [2.24, 2.45) is 0 Å². The van der Waals surface area contributed by atoms with Gasteiger partial charge in [0.15, 0.2) is 17.3 Å². The van der Waals surface area contributed by atoms with Crippen LogP contribution < -0.4 is 4.90 Å². The summed E-state index contributed by atoms with van der Waals surface area (Å²) in [6.07, 6.45) is 6.47. The first-order valence-electron chi connectivity index (χ1n) is 11.7. The van der Waals surface area contributed by atoms with Crippen LogP contribution in [-0.2, 0) is 17.8 Å². The fraction of sp³-hybridized carbons (Fsp3) is 0.423. The molecule has 0 amide bonds. The molecule has 33 heavy (non-hydrogen) atoms. The van der Waals surface area contributed by atoms with Crippen LogP contribution >= 0.6 is 0 Å². The van der Waals surface area contributed by atoms with Crippen molar-refractivity contribution in [3.63, 3.8) is 0 Å². The number of carbonyl (C=O) groups is 2. The number of rotatable bonds is 6. The Kier molecular flexibility index (Phi) is 5.55. The molecule has 0 unspecified atom stereocenters. The molecular weight excluding hydrogens is 414 g/mol. The van der Waals surface area contributed by atoms with Crippen LogP contribution in [0.1, 0.15) is 66.1 Å². The number of Topliss-reactive ketones (excluding diaryl/α,β-unsaturated/α-hetero) is 2. The quantitative estimate of drug-likeness (QED) is 0.635. The predicted molar refractivity (Wildman–Crippen MR) is 125 cm³/mol. The molecule has 2 aliphatic carbocycles. The summed E-state index contributed by atoms with van der Waals surface area (Å²) in [6.45, 7) is 6.29. The maximum atomic E-state index is 12.3. The molecule has 0 aromatic carbocycles. The average Bonchev–Trinajstić information content (AvgIpc) is 3.64. The van der Waals surface area contributed by atoms with E-state index in [1.54, 1.807) is 13.0 Å². The van der Waals surface area contributed by atoms with Gasteiger partial charge in [0.05, 0.1) is 11.4 Å². The van der Waals surface area contributed by atoms with Crippen molar-refractivity contribution in [1.29, 1.82) is 5.26 Å². The molecule has 2 atom stereocenters. The molecule has 0 radical (unpaired) electrons. The van der Waals surface area contributed by atoms with Crippen molar-refractivity contribution in [3.05, 3.63) is 58.2 Å². The predicted octanol–water partition coefficient (Wildman–Crippen LogP) is 3.32. The smallest absolute Gasteiger partial charge is 0.180 e. The van der Waals surface area contributed by atoms with Gasteiger partial charge in [0, 0.05) is 50.8 Å². The lowest BCUT2D eigenvalue weighted by Gasteiger charge is -2.35. The van der Waals surface area contributed by atoms with Gasteiger partial charge in [-0.05, 0) is 47.8 Å². The topological polar surface area (TPSA) is 90.2 Å². The molecule has 7 nitrogen and oxygen atoms in total. The van der Waals surface area contributed by atoms with Crippen LogP contribution in [0.25, 0.3) is 6.08 Å². The molecule has 1 saturated carbocycles. The fourth-order valence-corrected chi connectivity index (χ4v) is 5.06. The van der Waals surface area contributed by atoms with E-state index in [1.165, 1.54) is 0 Å². The molecule has 3 aliphatic rings. The van der Waals surface area contributed by atoms with Gasteiger partial charge in [-0.3, -0.25) is 19.5 Å². The molecule has 0 bridgehead atoms. The van der Waals surface area contributed by atoms with Crippen molar-refractivity contribution < 1.29 is 9.59 Å². The van der Waals surface area contributed by atoms with Crippen LogP contribution in [-0.4, -0.2) is 51.6 Å². The number of ketones is 2. The number of aromatic nitrogens is 2. The van der Waals surface area contributed by atoms with Crippen LogP contribution in [0.15, 0.2) is 30.0 Å². The third-order valence-electron chi connectivity index (χ3n) is 6.96. The monoisotopic (exact) mass is 441 g/mol. The van der Waals surface area contributed by atoms with Gasteiger partial charge >= 0.3 is 0 Å². The van der Waals surface area contributed by atoms with Gasteiger partial charge < -0.3 is 4.90 Å². The number of nitriles is 1. The summed E-state index contributed by atoms with van der Waals surface area (Å²) in [5, 5.41) is 9.63. The number of carbonyl (C=O) groups excluding carboxylic acids is 2. The zero-order valence-corrected chi connectivity index (χ0v) is 19.0. The Balaban J connectivity index is 1.29. The van der Waals surface area contributed by atoms with Crippen molar-refractivity contribution in [1.82, 2.24) is 14.9 Å². The summed E-state index contributed by atoms with van der Waals surface area (Å²) in [5.41, 5.74) is 5.45. The van der Waals surface area contributed by atoms with E-state index in [1.807, 2.05) is 25.3 Å². The molecule has 2 aromatic rings. The van der Waals surface area contributed by atoms with E-state index in [4.69, 9.17) is 0 Å². The molecular formula is C26H27N5O2. The van der Waals surface area contributed by atoms with E-state index in [0.29, 0.717) is 36.3 Å². The first-order chi connectivity index (χ1) is 16.0. The molecule has 7 heteroatoms. The van der Waals surface area contributed by atoms with E-state index in [0.717, 1.165) is 60.6 Å². The summed E-state index contributed by atoms with van der Waals surface area (Å²) >= 11 is 0. The molecule has 1 aliphatic heterocycles. The molecule has 2 aromatic heterocycles. The van der Waals surface area contributed by atoms with Crippen LogP contribution in [0, 0.1) is 11.3 Å². The minimum absolute atomic E-state index is 0.0473. The molecule has 3 heterocycles. The largest absolute Gasteiger partial charge is 0.363 e. The number of nitrogens with zero attached hydrogens (tertiary/aromatic N) is 5. The second kappa shape index (κ2) is 8.53. The normalized spacial score (nSPS) is 21.7. The zero-order valence-electron chi connectivity index (χ0n) is 19.0. The van der Waals surface area contributed by atoms with E-state index >= 15 is 0 Å². The van der Waals surface area contributed by atoms with Gasteiger partial charge in [-0.15, -0.1) is 0 Å². The first-order valence-corrected chi connectivity index (χ1v) is 11.7. The number of hydrogen-bond donors (Lipinski definition) is 0. The van der Waals surface area contributed by atoms with Crippen LogP contribution in [0.2, 0.25) is 0 Å². The van der Waals surface area contributed by atoms with Crippen molar-refractivity contribution in [2.45, 2.75) is 58.2 Å². The molecule has 5 rings (SSSR count). The summed E-state index contributed by atoms with van der Waals surface area (Å²) in [7, 11) is 0. The second-order valence-corrected chi connectivity index (χ2v) is 9.00. The number of pyridine rings is 2. The Morgan fingerprint density at radius 3 is 2.85 bits per heavy atom. The van der Waals surface area contributed by atoms with Gasteiger partial charge in [-0.1, -0.05) is 19.9 Å². The Labute approximate surface area is 193 Å². The summed E-state index contributed by atoms with van der Waals surface area (Å²) in [4.78, 5) is 38.0. The third kappa shape index (κ3) is 3.96. The number of piperazine rings is 1. The Bertz CT molecular complexity index is 1210. The van der Waals surface area contributed by atoms with Crippen LogP contribution in [0.3, 0.4) is 0 Å². The highest BCUT2D eigenvalue weighted by Gasteiger charge is 2.49. The molecule has 168 valence electrons. The molecule has 0 N–H and O–H groups in total. The highest BCUT2D eigenvalue weighted by atomic mass is 16.1. The SMILES string of the molecule is CCC(=O)c1ccc(N2CCN(Cc3cnc4c(c3)CC(=O)C(CC)=C4)[C@@H]3C[C@@H]32)c(C#N)n1. The number of hydrogen-bond acceptors (Lipinski definition) is 7. The van der Waals surface area contributed by atoms with Gasteiger partial charge in [-0.2, -0.15) is 5.26 Å². The van der Waals surface area contributed by atoms with Gasteiger partial charge in [-0.25, -0.2) is 4.98 Å². The molecule has 2 fully saturated rings. The lowest BCUT2D eigenvalue weighted by Crippen LogP contribution is -2.46. The number of fused-ring (bicyclic) bond motifs is 2. The summed E-state index contributed by atoms with van der Waals surface area (Å²) in [5.74, 6) is 0.155. The minimum Gasteiger partial charge on any atom is -0.363 e. The van der Waals surface area contributed by atoms with E-state index < -0.39 is 0 Å². The maximum Gasteiger partial charge on any atom is 0.180 e. The average molecular weight is 442 g/mol. The van der Waals surface area contributed by atoms with Crippen LogP contribution in [0.5, 0.6) is 0 Å². The van der Waals surface area contributed by atoms with E-state index in [9.17, 15) is 14.9 Å². The fourth-order valence-electron chi connectivity index (χ4n) is 5.06. The third-order valence-corrected chi connectivity index (χ3v) is 6.96. The van der Waals surface area contributed by atoms with Gasteiger partial charge in [0.2, 0.25) is 0 Å². The van der Waals surface area contributed by atoms with Crippen molar-refractivity contribution >= 4 is 23.3 Å². The first kappa shape index (κ1) is 21.5. The maximum absolute atomic E-state index is 12.3. The highest BCUT2D eigenvalue weighted by Crippen LogP contribution is 2.41. The Hall–Kier alpha value is -3.37. The number of anilines is 1. The summed E-state index contributed by atoms with van der Waals surface area (Å²) < 4.78 is 0. The van der Waals surface area contributed by atoms with E-state index in [2.05, 4.69) is 31.9 Å².